The van der Waals surface area contributed by atoms with Crippen LogP contribution in [0, 0.1) is 6.92 Å². The lowest BCUT2D eigenvalue weighted by molar-refractivity contribution is -0.113. The lowest BCUT2D eigenvalue weighted by Gasteiger charge is -2.14. The van der Waals surface area contributed by atoms with Gasteiger partial charge in [0.1, 0.15) is 5.03 Å². The van der Waals surface area contributed by atoms with Crippen LogP contribution in [0.5, 0.6) is 0 Å². The number of carbonyl (C=O) groups is 1. The molecule has 3 rings (SSSR count). The maximum absolute atomic E-state index is 12.3. The Balaban J connectivity index is 1.71. The van der Waals surface area contributed by atoms with Gasteiger partial charge in [0.05, 0.1) is 5.75 Å². The number of thioether (sulfide) groups is 1. The van der Waals surface area contributed by atoms with Gasteiger partial charge in [-0.25, -0.2) is 4.79 Å². The molecule has 1 aromatic heterocycles. The lowest BCUT2D eigenvalue weighted by Crippen LogP contribution is -2.28. The number of nitrogens with one attached hydrogen (secondary N) is 1. The number of nitrogens with zero attached hydrogens (tertiary/aromatic N) is 2. The molecule has 1 aliphatic rings. The third-order valence-corrected chi connectivity index (χ3v) is 5.52. The van der Waals surface area contributed by atoms with Crippen molar-refractivity contribution in [2.75, 3.05) is 17.7 Å². The Morgan fingerprint density at radius 1 is 1.35 bits per heavy atom. The van der Waals surface area contributed by atoms with Gasteiger partial charge in [0.25, 0.3) is 0 Å². The second-order valence-electron chi connectivity index (χ2n) is 6.36. The van der Waals surface area contributed by atoms with E-state index in [-0.39, 0.29) is 24.0 Å². The number of aromatic nitrogens is 2. The summed E-state index contributed by atoms with van der Waals surface area (Å²) in [4.78, 5) is 28.8. The highest BCUT2D eigenvalue weighted by molar-refractivity contribution is 8.00. The van der Waals surface area contributed by atoms with Gasteiger partial charge in [-0.15, -0.1) is 0 Å². The van der Waals surface area contributed by atoms with Gasteiger partial charge in [-0.05, 0) is 44.2 Å². The van der Waals surface area contributed by atoms with E-state index < -0.39 is 0 Å². The summed E-state index contributed by atoms with van der Waals surface area (Å²) in [5, 5.41) is 12.6. The molecule has 7 heteroatoms. The zero-order chi connectivity index (χ0) is 18.5. The van der Waals surface area contributed by atoms with Gasteiger partial charge in [0.15, 0.2) is 0 Å². The van der Waals surface area contributed by atoms with Crippen molar-refractivity contribution in [1.29, 1.82) is 0 Å². The molecule has 1 aliphatic carbocycles. The van der Waals surface area contributed by atoms with E-state index in [4.69, 9.17) is 5.11 Å². The van der Waals surface area contributed by atoms with Gasteiger partial charge >= 0.3 is 5.69 Å². The minimum Gasteiger partial charge on any atom is -0.396 e. The summed E-state index contributed by atoms with van der Waals surface area (Å²) >= 11 is 1.32. The number of amides is 1. The van der Waals surface area contributed by atoms with Gasteiger partial charge < -0.3 is 10.4 Å². The molecular weight excluding hydrogens is 350 g/mol. The zero-order valence-electron chi connectivity index (χ0n) is 14.8. The summed E-state index contributed by atoms with van der Waals surface area (Å²) in [7, 11) is 0. The summed E-state index contributed by atoms with van der Waals surface area (Å²) in [5.74, 6) is 0.107. The second-order valence-corrected chi connectivity index (χ2v) is 7.32. The van der Waals surface area contributed by atoms with Crippen LogP contribution in [-0.2, 0) is 24.2 Å². The highest BCUT2D eigenvalue weighted by Gasteiger charge is 2.22. The Bertz CT molecular complexity index is 864. The van der Waals surface area contributed by atoms with Crippen molar-refractivity contribution in [2.24, 2.45) is 0 Å². The average Bonchev–Trinajstić information content (AvgIpc) is 3.11. The van der Waals surface area contributed by atoms with Crippen LogP contribution in [0.15, 0.2) is 34.1 Å². The summed E-state index contributed by atoms with van der Waals surface area (Å²) < 4.78 is 1.68. The summed E-state index contributed by atoms with van der Waals surface area (Å²) in [6, 6.07) is 7.63. The number of para-hydroxylation sites is 1. The number of aliphatic hydroxyl groups is 1. The maximum atomic E-state index is 12.3. The molecule has 0 atom stereocenters. The highest BCUT2D eigenvalue weighted by Crippen LogP contribution is 2.29. The first-order chi connectivity index (χ1) is 12.6. The average molecular weight is 373 g/mol. The number of anilines is 1. The number of benzene rings is 1. The normalized spacial score (nSPS) is 12.8. The van der Waals surface area contributed by atoms with E-state index in [9.17, 15) is 9.59 Å². The van der Waals surface area contributed by atoms with Crippen LogP contribution in [0.4, 0.5) is 5.69 Å². The quantitative estimate of drug-likeness (QED) is 0.574. The minimum absolute atomic E-state index is 0.0524. The molecule has 0 radical (unpaired) electrons. The molecular formula is C19H23N3O3S. The topological polar surface area (TPSA) is 84.2 Å². The molecule has 0 spiro atoms. The summed E-state index contributed by atoms with van der Waals surface area (Å²) in [6.07, 6.45) is 3.26. The van der Waals surface area contributed by atoms with Gasteiger partial charge in [0.2, 0.25) is 5.91 Å². The molecule has 1 aromatic carbocycles. The van der Waals surface area contributed by atoms with Gasteiger partial charge in [-0.1, -0.05) is 30.0 Å². The van der Waals surface area contributed by atoms with Crippen molar-refractivity contribution in [2.45, 2.75) is 44.2 Å². The van der Waals surface area contributed by atoms with Crippen LogP contribution in [0.1, 0.15) is 29.7 Å². The molecule has 6 nitrogen and oxygen atoms in total. The lowest BCUT2D eigenvalue weighted by atomic mass is 10.2. The monoisotopic (exact) mass is 373 g/mol. The third-order valence-electron chi connectivity index (χ3n) is 4.50. The molecule has 0 aliphatic heterocycles. The molecule has 1 amide bonds. The fraction of sp³-hybridized carbons (Fsp3) is 0.421. The number of fused-ring (bicyclic) bond motifs is 1. The van der Waals surface area contributed by atoms with Crippen molar-refractivity contribution >= 4 is 23.4 Å². The molecule has 0 bridgehead atoms. The standard InChI is InChI=1S/C19H23N3O3S/c1-13-6-2-3-8-15(13)20-17(24)12-26-18-14-7-4-9-16(14)22(10-5-11-23)19(25)21-18/h2-3,6,8,23H,4-5,7,9-12H2,1H3,(H,20,24). The van der Waals surface area contributed by atoms with Crippen molar-refractivity contribution in [3.63, 3.8) is 0 Å². The van der Waals surface area contributed by atoms with E-state index in [1.807, 2.05) is 31.2 Å². The highest BCUT2D eigenvalue weighted by atomic mass is 32.2. The van der Waals surface area contributed by atoms with E-state index in [1.165, 1.54) is 11.8 Å². The summed E-state index contributed by atoms with van der Waals surface area (Å²) in [6.45, 7) is 2.49. The largest absolute Gasteiger partial charge is 0.396 e. The van der Waals surface area contributed by atoms with Crippen molar-refractivity contribution < 1.29 is 9.90 Å². The van der Waals surface area contributed by atoms with E-state index >= 15 is 0 Å². The molecule has 0 saturated carbocycles. The Kier molecular flexibility index (Phi) is 6.11. The van der Waals surface area contributed by atoms with E-state index in [1.54, 1.807) is 4.57 Å². The number of rotatable bonds is 7. The minimum atomic E-state index is -0.291. The van der Waals surface area contributed by atoms with E-state index in [2.05, 4.69) is 10.3 Å². The summed E-state index contributed by atoms with van der Waals surface area (Å²) in [5.41, 5.74) is 3.62. The maximum Gasteiger partial charge on any atom is 0.348 e. The van der Waals surface area contributed by atoms with Crippen molar-refractivity contribution in [3.05, 3.63) is 51.6 Å². The number of hydrogen-bond donors (Lipinski definition) is 2. The molecule has 2 aromatic rings. The number of hydrogen-bond acceptors (Lipinski definition) is 5. The number of aliphatic hydroxyl groups excluding tert-OH is 1. The molecule has 0 saturated heterocycles. The van der Waals surface area contributed by atoms with Crippen LogP contribution in [0.25, 0.3) is 0 Å². The Morgan fingerprint density at radius 2 is 2.15 bits per heavy atom. The smallest absolute Gasteiger partial charge is 0.348 e. The zero-order valence-corrected chi connectivity index (χ0v) is 15.6. The first-order valence-electron chi connectivity index (χ1n) is 8.82. The number of aryl methyl sites for hydroxylation is 1. The molecule has 138 valence electrons. The van der Waals surface area contributed by atoms with Gasteiger partial charge in [-0.3, -0.25) is 9.36 Å². The predicted molar refractivity (Wildman–Crippen MR) is 103 cm³/mol. The van der Waals surface area contributed by atoms with E-state index in [0.29, 0.717) is 18.0 Å². The first-order valence-corrected chi connectivity index (χ1v) is 9.80. The van der Waals surface area contributed by atoms with Crippen LogP contribution in [0.2, 0.25) is 0 Å². The van der Waals surface area contributed by atoms with Gasteiger partial charge in [0, 0.05) is 30.1 Å². The molecule has 1 heterocycles. The van der Waals surface area contributed by atoms with Crippen LogP contribution in [0.3, 0.4) is 0 Å². The molecule has 26 heavy (non-hydrogen) atoms. The Labute approximate surface area is 156 Å². The van der Waals surface area contributed by atoms with E-state index in [0.717, 1.165) is 41.8 Å². The second kappa shape index (κ2) is 8.51. The fourth-order valence-corrected chi connectivity index (χ4v) is 4.08. The molecule has 0 unspecified atom stereocenters. The third kappa shape index (κ3) is 4.16. The van der Waals surface area contributed by atoms with Crippen LogP contribution < -0.4 is 11.0 Å². The SMILES string of the molecule is Cc1ccccc1NC(=O)CSc1nc(=O)n(CCCO)c2c1CCC2. The van der Waals surface area contributed by atoms with Crippen LogP contribution >= 0.6 is 11.8 Å². The van der Waals surface area contributed by atoms with Gasteiger partial charge in [-0.2, -0.15) is 4.98 Å². The fourth-order valence-electron chi connectivity index (χ4n) is 3.20. The van der Waals surface area contributed by atoms with Crippen LogP contribution in [-0.4, -0.2) is 32.9 Å². The first kappa shape index (κ1) is 18.7. The predicted octanol–water partition coefficient (Wildman–Crippen LogP) is 2.15. The molecule has 0 fully saturated rings. The van der Waals surface area contributed by atoms with Crippen molar-refractivity contribution in [3.8, 4) is 0 Å². The molecule has 2 N–H and O–H groups in total. The van der Waals surface area contributed by atoms with Crippen molar-refractivity contribution in [1.82, 2.24) is 9.55 Å². The Morgan fingerprint density at radius 3 is 2.92 bits per heavy atom. The number of carbonyl (C=O) groups excluding carboxylic acids is 1. The Hall–Kier alpha value is -2.12.